The van der Waals surface area contributed by atoms with E-state index in [0.29, 0.717) is 13.0 Å². The number of esters is 1. The fourth-order valence-corrected chi connectivity index (χ4v) is 1.93. The number of nitrogens with zero attached hydrogens (tertiary/aromatic N) is 1. The van der Waals surface area contributed by atoms with E-state index in [1.54, 1.807) is 26.1 Å². The van der Waals surface area contributed by atoms with Gasteiger partial charge in [-0.2, -0.15) is 0 Å². The predicted molar refractivity (Wildman–Crippen MR) is 84.8 cm³/mol. The van der Waals surface area contributed by atoms with Gasteiger partial charge in [0.15, 0.2) is 0 Å². The van der Waals surface area contributed by atoms with E-state index in [-0.39, 0.29) is 18.3 Å². The number of unbranched alkanes of at least 4 members (excludes halogenated alkanes) is 2. The number of hydrogen-bond acceptors (Lipinski definition) is 4. The highest BCUT2D eigenvalue weighted by Crippen LogP contribution is 2.12. The van der Waals surface area contributed by atoms with E-state index in [2.05, 4.69) is 0 Å². The molecule has 0 heterocycles. The molecule has 1 rings (SSSR count). The van der Waals surface area contributed by atoms with Gasteiger partial charge in [-0.05, 0) is 37.0 Å². The molecule has 0 atom stereocenters. The van der Waals surface area contributed by atoms with E-state index in [1.807, 2.05) is 24.3 Å². The Morgan fingerprint density at radius 2 is 1.73 bits per heavy atom. The smallest absolute Gasteiger partial charge is 0.310 e. The zero-order valence-electron chi connectivity index (χ0n) is 13.6. The Morgan fingerprint density at radius 3 is 2.32 bits per heavy atom. The van der Waals surface area contributed by atoms with Crippen LogP contribution in [0.25, 0.3) is 0 Å². The Morgan fingerprint density at radius 1 is 1.05 bits per heavy atom. The zero-order valence-corrected chi connectivity index (χ0v) is 13.6. The number of hydrogen-bond donors (Lipinski definition) is 0. The van der Waals surface area contributed by atoms with Crippen LogP contribution in [-0.2, 0) is 20.7 Å². The molecule has 0 fully saturated rings. The van der Waals surface area contributed by atoms with Gasteiger partial charge >= 0.3 is 5.97 Å². The second-order valence-corrected chi connectivity index (χ2v) is 5.34. The Hall–Kier alpha value is -2.04. The van der Waals surface area contributed by atoms with Gasteiger partial charge in [-0.25, -0.2) is 0 Å². The number of rotatable bonds is 9. The van der Waals surface area contributed by atoms with Gasteiger partial charge < -0.3 is 14.4 Å². The average molecular weight is 307 g/mol. The van der Waals surface area contributed by atoms with Crippen molar-refractivity contribution in [2.45, 2.75) is 32.1 Å². The van der Waals surface area contributed by atoms with Crippen molar-refractivity contribution in [3.8, 4) is 5.75 Å². The minimum atomic E-state index is -0.227. The zero-order chi connectivity index (χ0) is 16.4. The first-order valence-corrected chi connectivity index (χ1v) is 7.51. The summed E-state index contributed by atoms with van der Waals surface area (Å²) in [6, 6.07) is 7.36. The molecule has 0 aliphatic rings. The van der Waals surface area contributed by atoms with Gasteiger partial charge in [-0.3, -0.25) is 9.59 Å². The van der Waals surface area contributed by atoms with Crippen LogP contribution in [0.5, 0.6) is 5.75 Å². The summed E-state index contributed by atoms with van der Waals surface area (Å²) in [5.41, 5.74) is 0.905. The van der Waals surface area contributed by atoms with Crippen LogP contribution in [0.2, 0.25) is 0 Å². The van der Waals surface area contributed by atoms with Crippen molar-refractivity contribution in [3.05, 3.63) is 29.8 Å². The summed E-state index contributed by atoms with van der Waals surface area (Å²) in [6.07, 6.45) is 3.31. The summed E-state index contributed by atoms with van der Waals surface area (Å²) in [5, 5.41) is 0. The molecule has 1 amide bonds. The van der Waals surface area contributed by atoms with Crippen LogP contribution in [0.3, 0.4) is 0 Å². The first kappa shape index (κ1) is 18.0. The Labute approximate surface area is 132 Å². The van der Waals surface area contributed by atoms with Crippen LogP contribution in [0.15, 0.2) is 24.3 Å². The molecular weight excluding hydrogens is 282 g/mol. The second kappa shape index (κ2) is 9.82. The van der Waals surface area contributed by atoms with E-state index in [9.17, 15) is 9.59 Å². The van der Waals surface area contributed by atoms with E-state index < -0.39 is 0 Å². The molecule has 0 aliphatic carbocycles. The summed E-state index contributed by atoms with van der Waals surface area (Å²) in [7, 11) is 5.11. The van der Waals surface area contributed by atoms with Crippen LogP contribution < -0.4 is 4.74 Å². The van der Waals surface area contributed by atoms with Gasteiger partial charge in [-0.15, -0.1) is 0 Å². The molecule has 0 aliphatic heterocycles. The van der Waals surface area contributed by atoms with Crippen LogP contribution in [-0.4, -0.2) is 44.6 Å². The fourth-order valence-electron chi connectivity index (χ4n) is 1.93. The summed E-state index contributed by atoms with van der Waals surface area (Å²) >= 11 is 0. The van der Waals surface area contributed by atoms with Gasteiger partial charge in [0.2, 0.25) is 5.91 Å². The van der Waals surface area contributed by atoms with Crippen LogP contribution >= 0.6 is 0 Å². The van der Waals surface area contributed by atoms with Gasteiger partial charge in [0.1, 0.15) is 5.75 Å². The topological polar surface area (TPSA) is 55.8 Å². The molecule has 0 N–H and O–H groups in total. The van der Waals surface area contributed by atoms with Crippen molar-refractivity contribution in [1.82, 2.24) is 4.90 Å². The lowest BCUT2D eigenvalue weighted by molar-refractivity contribution is -0.143. The number of carbonyl (C=O) groups excluding carboxylic acids is 2. The van der Waals surface area contributed by atoms with Crippen molar-refractivity contribution in [2.24, 2.45) is 0 Å². The quantitative estimate of drug-likeness (QED) is 0.519. The average Bonchev–Trinajstić information content (AvgIpc) is 2.51. The molecule has 5 nitrogen and oxygen atoms in total. The maximum absolute atomic E-state index is 11.7. The number of methoxy groups -OCH3 is 1. The van der Waals surface area contributed by atoms with Crippen LogP contribution in [0, 0.1) is 0 Å². The molecule has 0 saturated carbocycles. The van der Waals surface area contributed by atoms with E-state index in [1.165, 1.54) is 0 Å². The van der Waals surface area contributed by atoms with Crippen molar-refractivity contribution in [3.63, 3.8) is 0 Å². The molecule has 22 heavy (non-hydrogen) atoms. The number of carbonyl (C=O) groups is 2. The summed E-state index contributed by atoms with van der Waals surface area (Å²) in [5.74, 6) is 0.676. The van der Waals surface area contributed by atoms with Gasteiger partial charge in [0, 0.05) is 20.5 Å². The van der Waals surface area contributed by atoms with Crippen LogP contribution in [0.1, 0.15) is 31.2 Å². The standard InChI is InChI=1S/C17H25NO4/c1-18(2)16(19)7-5-4-6-12-22-17(20)13-14-8-10-15(21-3)11-9-14/h8-11H,4-7,12-13H2,1-3H3. The normalized spacial score (nSPS) is 10.1. The SMILES string of the molecule is COc1ccc(CC(=O)OCCCCCC(=O)N(C)C)cc1. The molecule has 1 aromatic rings. The number of amides is 1. The number of benzene rings is 1. The minimum Gasteiger partial charge on any atom is -0.497 e. The monoisotopic (exact) mass is 307 g/mol. The van der Waals surface area contributed by atoms with Gasteiger partial charge in [0.05, 0.1) is 20.1 Å². The third-order valence-corrected chi connectivity index (χ3v) is 3.30. The Bertz CT molecular complexity index is 468. The lowest BCUT2D eigenvalue weighted by Crippen LogP contribution is -2.21. The fraction of sp³-hybridized carbons (Fsp3) is 0.529. The van der Waals surface area contributed by atoms with E-state index in [4.69, 9.17) is 9.47 Å². The highest BCUT2D eigenvalue weighted by Gasteiger charge is 2.06. The predicted octanol–water partition coefficient (Wildman–Crippen LogP) is 2.43. The Kier molecular flexibility index (Phi) is 8.04. The third kappa shape index (κ3) is 7.11. The highest BCUT2D eigenvalue weighted by molar-refractivity contribution is 5.75. The molecule has 0 radical (unpaired) electrons. The van der Waals surface area contributed by atoms with Crippen molar-refractivity contribution in [1.29, 1.82) is 0 Å². The molecule has 0 saturated heterocycles. The largest absolute Gasteiger partial charge is 0.497 e. The highest BCUT2D eigenvalue weighted by atomic mass is 16.5. The van der Waals surface area contributed by atoms with E-state index in [0.717, 1.165) is 30.6 Å². The van der Waals surface area contributed by atoms with E-state index >= 15 is 0 Å². The molecule has 122 valence electrons. The van der Waals surface area contributed by atoms with Gasteiger partial charge in [0.25, 0.3) is 0 Å². The molecule has 1 aromatic carbocycles. The summed E-state index contributed by atoms with van der Waals surface area (Å²) in [4.78, 5) is 24.6. The first-order valence-electron chi connectivity index (χ1n) is 7.51. The molecule has 0 spiro atoms. The third-order valence-electron chi connectivity index (χ3n) is 3.30. The molecule has 0 aromatic heterocycles. The molecule has 0 unspecified atom stereocenters. The summed E-state index contributed by atoms with van der Waals surface area (Å²) < 4.78 is 10.3. The van der Waals surface area contributed by atoms with Crippen molar-refractivity contribution in [2.75, 3.05) is 27.8 Å². The summed E-state index contributed by atoms with van der Waals surface area (Å²) in [6.45, 7) is 0.408. The molecule has 0 bridgehead atoms. The van der Waals surface area contributed by atoms with Crippen LogP contribution in [0.4, 0.5) is 0 Å². The second-order valence-electron chi connectivity index (χ2n) is 5.34. The van der Waals surface area contributed by atoms with Crippen molar-refractivity contribution < 1.29 is 19.1 Å². The minimum absolute atomic E-state index is 0.136. The van der Waals surface area contributed by atoms with Gasteiger partial charge in [-0.1, -0.05) is 12.1 Å². The molecular formula is C17H25NO4. The lowest BCUT2D eigenvalue weighted by atomic mass is 10.1. The molecule has 5 heteroatoms. The van der Waals surface area contributed by atoms with Crippen molar-refractivity contribution >= 4 is 11.9 Å². The lowest BCUT2D eigenvalue weighted by Gasteiger charge is -2.09. The first-order chi connectivity index (χ1) is 10.5. The maximum Gasteiger partial charge on any atom is 0.310 e. The Balaban J connectivity index is 2.11. The number of ether oxygens (including phenoxy) is 2. The maximum atomic E-state index is 11.7.